The first-order chi connectivity index (χ1) is 10.0. The third-order valence-electron chi connectivity index (χ3n) is 3.52. The summed E-state index contributed by atoms with van der Waals surface area (Å²) in [5, 5.41) is 4.01. The average molecular weight is 330 g/mol. The topological polar surface area (TPSA) is 55.4 Å². The van der Waals surface area contributed by atoms with Gasteiger partial charge in [0.2, 0.25) is 5.91 Å². The standard InChI is InChI=1S/C15H17Cl2NO3/c1-21-14(19)3-2-4-18-15(20)13-8-12(13)9-5-10(16)7-11(17)6-9/h5-7,12-13H,2-4,8H2,1H3,(H,18,20)/t12-,13+/m0/s1. The Morgan fingerprint density at radius 3 is 2.57 bits per heavy atom. The molecule has 1 aliphatic rings. The second-order valence-corrected chi connectivity index (χ2v) is 6.00. The normalized spacial score (nSPS) is 20.0. The number of esters is 1. The van der Waals surface area contributed by atoms with Crippen molar-refractivity contribution in [1.82, 2.24) is 5.32 Å². The van der Waals surface area contributed by atoms with Crippen LogP contribution < -0.4 is 5.32 Å². The van der Waals surface area contributed by atoms with Crippen LogP contribution in [0.2, 0.25) is 10.0 Å². The lowest BCUT2D eigenvalue weighted by Crippen LogP contribution is -2.26. The Morgan fingerprint density at radius 2 is 1.95 bits per heavy atom. The average Bonchev–Trinajstić information content (AvgIpc) is 3.22. The van der Waals surface area contributed by atoms with Crippen molar-refractivity contribution in [2.45, 2.75) is 25.2 Å². The Kier molecular flexibility index (Phi) is 5.48. The minimum Gasteiger partial charge on any atom is -0.469 e. The third-order valence-corrected chi connectivity index (χ3v) is 3.96. The van der Waals surface area contributed by atoms with E-state index in [0.29, 0.717) is 29.4 Å². The van der Waals surface area contributed by atoms with Gasteiger partial charge >= 0.3 is 5.97 Å². The maximum absolute atomic E-state index is 12.0. The fourth-order valence-corrected chi connectivity index (χ4v) is 2.86. The van der Waals surface area contributed by atoms with Crippen molar-refractivity contribution in [2.75, 3.05) is 13.7 Å². The van der Waals surface area contributed by atoms with E-state index in [9.17, 15) is 9.59 Å². The minimum atomic E-state index is -0.262. The number of nitrogens with one attached hydrogen (secondary N) is 1. The van der Waals surface area contributed by atoms with Gasteiger partial charge in [-0.25, -0.2) is 0 Å². The van der Waals surface area contributed by atoms with Crippen molar-refractivity contribution in [3.05, 3.63) is 33.8 Å². The van der Waals surface area contributed by atoms with Crippen LogP contribution in [0.15, 0.2) is 18.2 Å². The highest BCUT2D eigenvalue weighted by Crippen LogP contribution is 2.48. The summed E-state index contributed by atoms with van der Waals surface area (Å²) < 4.78 is 4.54. The zero-order valence-electron chi connectivity index (χ0n) is 11.7. The van der Waals surface area contributed by atoms with E-state index in [2.05, 4.69) is 10.1 Å². The maximum Gasteiger partial charge on any atom is 0.305 e. The predicted octanol–water partition coefficient (Wildman–Crippen LogP) is 3.17. The van der Waals surface area contributed by atoms with Crippen LogP contribution in [0.3, 0.4) is 0 Å². The van der Waals surface area contributed by atoms with E-state index in [-0.39, 0.29) is 23.7 Å². The Labute approximate surface area is 133 Å². The van der Waals surface area contributed by atoms with Gasteiger partial charge in [0.25, 0.3) is 0 Å². The van der Waals surface area contributed by atoms with Gasteiger partial charge in [-0.3, -0.25) is 9.59 Å². The molecule has 0 spiro atoms. The highest BCUT2D eigenvalue weighted by Gasteiger charge is 2.43. The monoisotopic (exact) mass is 329 g/mol. The highest BCUT2D eigenvalue weighted by molar-refractivity contribution is 6.34. The van der Waals surface area contributed by atoms with Crippen LogP contribution in [0, 0.1) is 5.92 Å². The van der Waals surface area contributed by atoms with Crippen molar-refractivity contribution in [3.63, 3.8) is 0 Å². The molecule has 6 heteroatoms. The minimum absolute atomic E-state index is 0.0148. The van der Waals surface area contributed by atoms with E-state index in [1.54, 1.807) is 6.07 Å². The van der Waals surface area contributed by atoms with Crippen molar-refractivity contribution in [1.29, 1.82) is 0 Å². The second-order valence-electron chi connectivity index (χ2n) is 5.12. The number of benzene rings is 1. The molecule has 1 aromatic rings. The third kappa shape index (κ3) is 4.61. The molecule has 1 N–H and O–H groups in total. The molecule has 1 aliphatic carbocycles. The van der Waals surface area contributed by atoms with Crippen molar-refractivity contribution < 1.29 is 14.3 Å². The number of ether oxygens (including phenoxy) is 1. The van der Waals surface area contributed by atoms with Crippen LogP contribution in [0.1, 0.15) is 30.7 Å². The zero-order valence-corrected chi connectivity index (χ0v) is 13.2. The van der Waals surface area contributed by atoms with E-state index in [1.165, 1.54) is 7.11 Å². The molecule has 0 aliphatic heterocycles. The number of amides is 1. The van der Waals surface area contributed by atoms with Crippen molar-refractivity contribution in [2.24, 2.45) is 5.92 Å². The SMILES string of the molecule is COC(=O)CCCNC(=O)[C@@H]1C[C@H]1c1cc(Cl)cc(Cl)c1. The quantitative estimate of drug-likeness (QED) is 0.644. The molecule has 1 amide bonds. The van der Waals surface area contributed by atoms with Crippen molar-refractivity contribution in [3.8, 4) is 0 Å². The van der Waals surface area contributed by atoms with Crippen LogP contribution in [0.5, 0.6) is 0 Å². The molecule has 1 aromatic carbocycles. The molecule has 0 aromatic heterocycles. The predicted molar refractivity (Wildman–Crippen MR) is 81.6 cm³/mol. The first-order valence-corrected chi connectivity index (χ1v) is 7.57. The molecule has 1 saturated carbocycles. The number of rotatable bonds is 6. The number of halogens is 2. The highest BCUT2D eigenvalue weighted by atomic mass is 35.5. The Hall–Kier alpha value is -1.26. The molecule has 0 bridgehead atoms. The van der Waals surface area contributed by atoms with Gasteiger partial charge in [-0.2, -0.15) is 0 Å². The molecule has 0 saturated heterocycles. The lowest BCUT2D eigenvalue weighted by molar-refractivity contribution is -0.140. The molecule has 2 atom stereocenters. The van der Waals surface area contributed by atoms with Crippen molar-refractivity contribution >= 4 is 35.1 Å². The molecular formula is C15H17Cl2NO3. The maximum atomic E-state index is 12.0. The number of hydrogen-bond acceptors (Lipinski definition) is 3. The molecule has 2 rings (SSSR count). The molecule has 114 valence electrons. The van der Waals surface area contributed by atoms with Crippen LogP contribution in [-0.2, 0) is 14.3 Å². The molecular weight excluding hydrogens is 313 g/mol. The van der Waals surface area contributed by atoms with Gasteiger partial charge in [0.05, 0.1) is 7.11 Å². The summed E-state index contributed by atoms with van der Waals surface area (Å²) in [6, 6.07) is 5.38. The number of methoxy groups -OCH3 is 1. The smallest absolute Gasteiger partial charge is 0.305 e. The van der Waals surface area contributed by atoms with Gasteiger partial charge in [-0.05, 0) is 42.5 Å². The Balaban J connectivity index is 1.77. The van der Waals surface area contributed by atoms with Gasteiger partial charge < -0.3 is 10.1 Å². The van der Waals surface area contributed by atoms with E-state index >= 15 is 0 Å². The van der Waals surface area contributed by atoms with E-state index in [1.807, 2.05) is 12.1 Å². The summed E-state index contributed by atoms with van der Waals surface area (Å²) in [7, 11) is 1.35. The summed E-state index contributed by atoms with van der Waals surface area (Å²) in [4.78, 5) is 22.9. The summed E-state index contributed by atoms with van der Waals surface area (Å²) in [5.74, 6) is -0.0949. The zero-order chi connectivity index (χ0) is 15.4. The van der Waals surface area contributed by atoms with Gasteiger partial charge in [0.1, 0.15) is 0 Å². The molecule has 1 fully saturated rings. The van der Waals surface area contributed by atoms with E-state index < -0.39 is 0 Å². The number of carbonyl (C=O) groups excluding carboxylic acids is 2. The Morgan fingerprint density at radius 1 is 1.29 bits per heavy atom. The van der Waals surface area contributed by atoms with Gasteiger partial charge in [-0.15, -0.1) is 0 Å². The lowest BCUT2D eigenvalue weighted by atomic mass is 10.1. The Bertz CT molecular complexity index is 527. The first kappa shape index (κ1) is 16.1. The molecule has 0 radical (unpaired) electrons. The van der Waals surface area contributed by atoms with E-state index in [0.717, 1.165) is 12.0 Å². The fraction of sp³-hybridized carbons (Fsp3) is 0.467. The molecule has 4 nitrogen and oxygen atoms in total. The fourth-order valence-electron chi connectivity index (χ4n) is 2.32. The van der Waals surface area contributed by atoms with Crippen LogP contribution in [-0.4, -0.2) is 25.5 Å². The summed E-state index contributed by atoms with van der Waals surface area (Å²) in [6.07, 6.45) is 1.70. The van der Waals surface area contributed by atoms with Gasteiger partial charge in [0.15, 0.2) is 0 Å². The lowest BCUT2D eigenvalue weighted by Gasteiger charge is -2.05. The largest absolute Gasteiger partial charge is 0.469 e. The van der Waals surface area contributed by atoms with Gasteiger partial charge in [0, 0.05) is 28.9 Å². The van der Waals surface area contributed by atoms with E-state index in [4.69, 9.17) is 23.2 Å². The summed E-state index contributed by atoms with van der Waals surface area (Å²) in [6.45, 7) is 0.480. The summed E-state index contributed by atoms with van der Waals surface area (Å²) >= 11 is 11.9. The molecule has 0 heterocycles. The molecule has 0 unspecified atom stereocenters. The van der Waals surface area contributed by atoms with Crippen LogP contribution in [0.25, 0.3) is 0 Å². The van der Waals surface area contributed by atoms with Gasteiger partial charge in [-0.1, -0.05) is 23.2 Å². The second kappa shape index (κ2) is 7.14. The first-order valence-electron chi connectivity index (χ1n) is 6.81. The number of carbonyl (C=O) groups is 2. The molecule has 21 heavy (non-hydrogen) atoms. The van der Waals surface area contributed by atoms with Crippen LogP contribution >= 0.6 is 23.2 Å². The van der Waals surface area contributed by atoms with Crippen LogP contribution in [0.4, 0.5) is 0 Å². The summed E-state index contributed by atoms with van der Waals surface area (Å²) in [5.41, 5.74) is 1.00. The number of hydrogen-bond donors (Lipinski definition) is 1.